The van der Waals surface area contributed by atoms with Crippen molar-refractivity contribution >= 4 is 29.0 Å². The van der Waals surface area contributed by atoms with Crippen molar-refractivity contribution in [1.29, 1.82) is 0 Å². The van der Waals surface area contributed by atoms with Crippen molar-refractivity contribution in [3.63, 3.8) is 0 Å². The number of hydrogen-bond donors (Lipinski definition) is 0. The van der Waals surface area contributed by atoms with Crippen molar-refractivity contribution in [2.24, 2.45) is 0 Å². The Morgan fingerprint density at radius 3 is 2.71 bits per heavy atom. The standard InChI is InChI=1S/C10H9Cl2FO/c11-5-1-2-10(14)8-4-3-7(13)6-9(8)12/h3-4,6H,1-2,5H2. The van der Waals surface area contributed by atoms with E-state index in [1.54, 1.807) is 0 Å². The number of carbonyl (C=O) groups excluding carboxylic acids is 1. The summed E-state index contributed by atoms with van der Waals surface area (Å²) in [6.07, 6.45) is 0.947. The molecule has 0 spiro atoms. The normalized spacial score (nSPS) is 10.2. The number of Topliss-reactive ketones (excluding diaryl/α,β-unsaturated/α-hetero) is 1. The molecule has 0 aliphatic carbocycles. The Morgan fingerprint density at radius 2 is 2.14 bits per heavy atom. The van der Waals surface area contributed by atoms with E-state index in [-0.39, 0.29) is 10.8 Å². The SMILES string of the molecule is O=C(CCCCl)c1ccc(F)cc1Cl. The fourth-order valence-corrected chi connectivity index (χ4v) is 1.48. The molecule has 0 aliphatic heterocycles. The Hall–Kier alpha value is -0.600. The predicted molar refractivity (Wildman–Crippen MR) is 55.7 cm³/mol. The predicted octanol–water partition coefficient (Wildman–Crippen LogP) is 3.68. The van der Waals surface area contributed by atoms with Crippen molar-refractivity contribution in [1.82, 2.24) is 0 Å². The van der Waals surface area contributed by atoms with Gasteiger partial charge in [0.25, 0.3) is 0 Å². The van der Waals surface area contributed by atoms with Crippen LogP contribution in [0.4, 0.5) is 4.39 Å². The zero-order chi connectivity index (χ0) is 10.6. The van der Waals surface area contributed by atoms with Gasteiger partial charge in [-0.1, -0.05) is 11.6 Å². The second kappa shape index (κ2) is 5.32. The Morgan fingerprint density at radius 1 is 1.43 bits per heavy atom. The minimum absolute atomic E-state index is 0.101. The lowest BCUT2D eigenvalue weighted by atomic mass is 10.1. The lowest BCUT2D eigenvalue weighted by Crippen LogP contribution is -2.00. The van der Waals surface area contributed by atoms with Gasteiger partial charge in [0.2, 0.25) is 0 Å². The molecule has 1 nitrogen and oxygen atoms in total. The Bertz CT molecular complexity index is 339. The quantitative estimate of drug-likeness (QED) is 0.574. The molecule has 76 valence electrons. The summed E-state index contributed by atoms with van der Waals surface area (Å²) >= 11 is 11.2. The van der Waals surface area contributed by atoms with Gasteiger partial charge in [0.15, 0.2) is 5.78 Å². The van der Waals surface area contributed by atoms with Crippen LogP contribution in [-0.2, 0) is 0 Å². The molecule has 4 heteroatoms. The molecule has 0 N–H and O–H groups in total. The lowest BCUT2D eigenvalue weighted by Gasteiger charge is -2.02. The van der Waals surface area contributed by atoms with Gasteiger partial charge >= 0.3 is 0 Å². The van der Waals surface area contributed by atoms with Crippen molar-refractivity contribution in [2.75, 3.05) is 5.88 Å². The topological polar surface area (TPSA) is 17.1 Å². The highest BCUT2D eigenvalue weighted by Gasteiger charge is 2.10. The van der Waals surface area contributed by atoms with Gasteiger partial charge in [-0.15, -0.1) is 11.6 Å². The molecule has 14 heavy (non-hydrogen) atoms. The van der Waals surface area contributed by atoms with E-state index in [1.165, 1.54) is 12.1 Å². The largest absolute Gasteiger partial charge is 0.294 e. The first-order chi connectivity index (χ1) is 6.65. The zero-order valence-electron chi connectivity index (χ0n) is 7.40. The summed E-state index contributed by atoms with van der Waals surface area (Å²) < 4.78 is 12.6. The minimum atomic E-state index is -0.441. The Balaban J connectivity index is 2.80. The van der Waals surface area contributed by atoms with Crippen LogP contribution in [0.2, 0.25) is 5.02 Å². The summed E-state index contributed by atoms with van der Waals surface area (Å²) in [6, 6.07) is 3.75. The first-order valence-corrected chi connectivity index (χ1v) is 5.10. The van der Waals surface area contributed by atoms with E-state index in [0.29, 0.717) is 24.3 Å². The number of hydrogen-bond acceptors (Lipinski definition) is 1. The molecule has 0 fully saturated rings. The van der Waals surface area contributed by atoms with Crippen LogP contribution in [0.3, 0.4) is 0 Å². The van der Waals surface area contributed by atoms with Gasteiger partial charge in [-0.25, -0.2) is 4.39 Å². The molecule has 0 unspecified atom stereocenters. The molecule has 0 bridgehead atoms. The highest BCUT2D eigenvalue weighted by atomic mass is 35.5. The molecular weight excluding hydrogens is 226 g/mol. The molecule has 0 amide bonds. The van der Waals surface area contributed by atoms with Crippen LogP contribution >= 0.6 is 23.2 Å². The van der Waals surface area contributed by atoms with E-state index in [4.69, 9.17) is 23.2 Å². The Labute approximate surface area is 91.8 Å². The maximum absolute atomic E-state index is 12.6. The van der Waals surface area contributed by atoms with Gasteiger partial charge < -0.3 is 0 Å². The van der Waals surface area contributed by atoms with Gasteiger partial charge in [0.1, 0.15) is 5.82 Å². The van der Waals surface area contributed by atoms with Crippen LogP contribution in [0.25, 0.3) is 0 Å². The van der Waals surface area contributed by atoms with Crippen LogP contribution in [0.5, 0.6) is 0 Å². The summed E-state index contributed by atoms with van der Waals surface area (Å²) in [6.45, 7) is 0. The minimum Gasteiger partial charge on any atom is -0.294 e. The van der Waals surface area contributed by atoms with E-state index in [1.807, 2.05) is 0 Å². The van der Waals surface area contributed by atoms with Crippen molar-refractivity contribution in [3.8, 4) is 0 Å². The monoisotopic (exact) mass is 234 g/mol. The third-order valence-electron chi connectivity index (χ3n) is 1.77. The van der Waals surface area contributed by atoms with Crippen LogP contribution in [0, 0.1) is 5.82 Å². The van der Waals surface area contributed by atoms with E-state index in [2.05, 4.69) is 0 Å². The molecule has 0 heterocycles. The number of halogens is 3. The molecule has 0 radical (unpaired) electrons. The van der Waals surface area contributed by atoms with E-state index in [9.17, 15) is 9.18 Å². The lowest BCUT2D eigenvalue weighted by molar-refractivity contribution is 0.0982. The summed E-state index contributed by atoms with van der Waals surface area (Å²) in [5, 5.41) is 0.157. The average Bonchev–Trinajstić information content (AvgIpc) is 2.14. The van der Waals surface area contributed by atoms with Crippen LogP contribution in [0.1, 0.15) is 23.2 Å². The molecule has 0 atom stereocenters. The molecule has 1 aromatic carbocycles. The summed E-state index contributed by atoms with van der Waals surface area (Å²) in [5.74, 6) is -0.107. The van der Waals surface area contributed by atoms with Crippen molar-refractivity contribution in [2.45, 2.75) is 12.8 Å². The third kappa shape index (κ3) is 2.96. The van der Waals surface area contributed by atoms with Crippen molar-refractivity contribution in [3.05, 3.63) is 34.6 Å². The van der Waals surface area contributed by atoms with Crippen LogP contribution < -0.4 is 0 Å². The number of alkyl halides is 1. The number of rotatable bonds is 4. The first kappa shape index (κ1) is 11.5. The summed E-state index contributed by atoms with van der Waals surface area (Å²) in [7, 11) is 0. The molecule has 0 saturated carbocycles. The molecular formula is C10H9Cl2FO. The van der Waals surface area contributed by atoms with Gasteiger partial charge in [-0.3, -0.25) is 4.79 Å². The second-order valence-electron chi connectivity index (χ2n) is 2.84. The fraction of sp³-hybridized carbons (Fsp3) is 0.300. The number of benzene rings is 1. The highest BCUT2D eigenvalue weighted by molar-refractivity contribution is 6.34. The molecule has 1 rings (SSSR count). The van der Waals surface area contributed by atoms with Crippen LogP contribution in [-0.4, -0.2) is 11.7 Å². The molecule has 1 aromatic rings. The maximum atomic E-state index is 12.6. The van der Waals surface area contributed by atoms with Gasteiger partial charge in [-0.2, -0.15) is 0 Å². The van der Waals surface area contributed by atoms with Crippen molar-refractivity contribution < 1.29 is 9.18 Å². The fourth-order valence-electron chi connectivity index (χ4n) is 1.08. The molecule has 0 saturated heterocycles. The van der Waals surface area contributed by atoms with Crippen LogP contribution in [0.15, 0.2) is 18.2 Å². The van der Waals surface area contributed by atoms with Gasteiger partial charge in [0.05, 0.1) is 5.02 Å². The molecule has 0 aliphatic rings. The number of carbonyl (C=O) groups is 1. The molecule has 0 aromatic heterocycles. The maximum Gasteiger partial charge on any atom is 0.164 e. The van der Waals surface area contributed by atoms with Gasteiger partial charge in [-0.05, 0) is 24.6 Å². The summed E-state index contributed by atoms with van der Waals surface area (Å²) in [5.41, 5.74) is 0.359. The highest BCUT2D eigenvalue weighted by Crippen LogP contribution is 2.19. The number of ketones is 1. The van der Waals surface area contributed by atoms with E-state index in [0.717, 1.165) is 6.07 Å². The van der Waals surface area contributed by atoms with E-state index < -0.39 is 5.82 Å². The van der Waals surface area contributed by atoms with Gasteiger partial charge in [0, 0.05) is 17.9 Å². The Kier molecular flexibility index (Phi) is 4.36. The zero-order valence-corrected chi connectivity index (χ0v) is 8.91. The third-order valence-corrected chi connectivity index (χ3v) is 2.35. The second-order valence-corrected chi connectivity index (χ2v) is 3.63. The van der Waals surface area contributed by atoms with E-state index >= 15 is 0 Å². The smallest absolute Gasteiger partial charge is 0.164 e. The average molecular weight is 235 g/mol. The first-order valence-electron chi connectivity index (χ1n) is 4.19. The summed E-state index contributed by atoms with van der Waals surface area (Å²) in [4.78, 5) is 11.5.